The van der Waals surface area contributed by atoms with Crippen LogP contribution < -0.4 is 16.2 Å². The van der Waals surface area contributed by atoms with Crippen molar-refractivity contribution in [3.05, 3.63) is 80.7 Å². The molecule has 0 atom stereocenters. The van der Waals surface area contributed by atoms with Crippen LogP contribution in [0, 0.1) is 20.2 Å². The maximum absolute atomic E-state index is 11.6. The second-order valence-electron chi connectivity index (χ2n) is 6.63. The van der Waals surface area contributed by atoms with E-state index in [-0.39, 0.29) is 23.0 Å². The molecule has 0 aliphatic rings. The fourth-order valence-corrected chi connectivity index (χ4v) is 2.62. The second kappa shape index (κ2) is 8.82. The number of nitrogens with zero attached hydrogens (tertiary/aromatic N) is 4. The Balaban J connectivity index is 1.80. The van der Waals surface area contributed by atoms with Gasteiger partial charge < -0.3 is 5.32 Å². The van der Waals surface area contributed by atoms with Crippen molar-refractivity contribution in [3.63, 3.8) is 0 Å². The minimum absolute atomic E-state index is 0.0281. The molecule has 1 aromatic heterocycles. The van der Waals surface area contributed by atoms with Crippen LogP contribution in [0.25, 0.3) is 0 Å². The van der Waals surface area contributed by atoms with Crippen LogP contribution in [0.1, 0.15) is 25.3 Å². The summed E-state index contributed by atoms with van der Waals surface area (Å²) in [6.45, 7) is 4.15. The lowest BCUT2D eigenvalue weighted by Gasteiger charge is -2.12. The van der Waals surface area contributed by atoms with Crippen molar-refractivity contribution >= 4 is 34.4 Å². The average molecular weight is 409 g/mol. The van der Waals surface area contributed by atoms with Crippen LogP contribution in [0.2, 0.25) is 0 Å². The van der Waals surface area contributed by atoms with Gasteiger partial charge in [-0.1, -0.05) is 26.0 Å². The molecule has 3 N–H and O–H groups in total. The van der Waals surface area contributed by atoms with E-state index < -0.39 is 9.85 Å². The van der Waals surface area contributed by atoms with Crippen LogP contribution in [-0.4, -0.2) is 19.8 Å². The number of benzene rings is 2. The van der Waals surface area contributed by atoms with Crippen molar-refractivity contribution in [2.45, 2.75) is 19.8 Å². The molecule has 0 unspecified atom stereocenters. The number of nitro groups is 2. The molecule has 0 aliphatic heterocycles. The summed E-state index contributed by atoms with van der Waals surface area (Å²) in [4.78, 5) is 29.2. The van der Waals surface area contributed by atoms with Gasteiger partial charge in [0, 0.05) is 17.8 Å². The van der Waals surface area contributed by atoms with Crippen LogP contribution in [-0.2, 0) is 0 Å². The van der Waals surface area contributed by atoms with Gasteiger partial charge in [-0.2, -0.15) is 0 Å². The molecule has 0 spiro atoms. The number of hydrogen-bond donors (Lipinski definition) is 3. The maximum Gasteiger partial charge on any atom is 0.355 e. The van der Waals surface area contributed by atoms with Crippen molar-refractivity contribution in [2.75, 3.05) is 16.2 Å². The molecule has 11 nitrogen and oxygen atoms in total. The standard InChI is InChI=1S/C19H19N7O4/c1-12(2)13-3-5-14(6-4-13)22-18-17(26(29)30)19(21-11-20-18)24-23-15-7-9-16(10-8-15)25(27)28/h3-12,23H,1-2H3,(H2,20,21,22,24). The van der Waals surface area contributed by atoms with Gasteiger partial charge in [-0.3, -0.25) is 31.1 Å². The van der Waals surface area contributed by atoms with Crippen molar-refractivity contribution in [1.82, 2.24) is 9.97 Å². The quantitative estimate of drug-likeness (QED) is 0.358. The third kappa shape index (κ3) is 4.76. The van der Waals surface area contributed by atoms with Crippen molar-refractivity contribution in [3.8, 4) is 0 Å². The molecule has 154 valence electrons. The largest absolute Gasteiger partial charge is 0.355 e. The molecule has 0 aliphatic carbocycles. The normalized spacial score (nSPS) is 10.5. The molecule has 30 heavy (non-hydrogen) atoms. The molecule has 0 bridgehead atoms. The van der Waals surface area contributed by atoms with E-state index in [0.717, 1.165) is 5.56 Å². The van der Waals surface area contributed by atoms with E-state index in [1.165, 1.54) is 30.6 Å². The molecule has 2 aromatic carbocycles. The fourth-order valence-electron chi connectivity index (χ4n) is 2.62. The number of aromatic nitrogens is 2. The molecule has 11 heteroatoms. The number of non-ortho nitro benzene ring substituents is 1. The van der Waals surface area contributed by atoms with Crippen LogP contribution in [0.5, 0.6) is 0 Å². The summed E-state index contributed by atoms with van der Waals surface area (Å²) in [6, 6.07) is 13.1. The number of hydrogen-bond acceptors (Lipinski definition) is 9. The van der Waals surface area contributed by atoms with Gasteiger partial charge >= 0.3 is 5.69 Å². The smallest absolute Gasteiger partial charge is 0.334 e. The van der Waals surface area contributed by atoms with Gasteiger partial charge in [-0.25, -0.2) is 9.97 Å². The molecule has 0 saturated heterocycles. The minimum Gasteiger partial charge on any atom is -0.334 e. The number of rotatable bonds is 8. The second-order valence-corrected chi connectivity index (χ2v) is 6.63. The Bertz CT molecular complexity index is 1050. The van der Waals surface area contributed by atoms with Crippen molar-refractivity contribution in [1.29, 1.82) is 0 Å². The van der Waals surface area contributed by atoms with Crippen LogP contribution in [0.15, 0.2) is 54.9 Å². The summed E-state index contributed by atoms with van der Waals surface area (Å²) in [5.41, 5.74) is 7.24. The lowest BCUT2D eigenvalue weighted by Crippen LogP contribution is -2.13. The summed E-state index contributed by atoms with van der Waals surface area (Å²) in [7, 11) is 0. The van der Waals surface area contributed by atoms with E-state index in [9.17, 15) is 20.2 Å². The number of nitrogens with one attached hydrogen (secondary N) is 3. The lowest BCUT2D eigenvalue weighted by atomic mass is 10.0. The van der Waals surface area contributed by atoms with E-state index >= 15 is 0 Å². The lowest BCUT2D eigenvalue weighted by molar-refractivity contribution is -0.384. The average Bonchev–Trinajstić information content (AvgIpc) is 2.72. The monoisotopic (exact) mass is 409 g/mol. The molecule has 0 amide bonds. The molecule has 0 radical (unpaired) electrons. The Labute approximate surface area is 171 Å². The topological polar surface area (TPSA) is 148 Å². The summed E-state index contributed by atoms with van der Waals surface area (Å²) < 4.78 is 0. The Morgan fingerprint density at radius 1 is 0.800 bits per heavy atom. The fraction of sp³-hybridized carbons (Fsp3) is 0.158. The maximum atomic E-state index is 11.6. The Morgan fingerprint density at radius 3 is 1.97 bits per heavy atom. The highest BCUT2D eigenvalue weighted by molar-refractivity contribution is 5.74. The van der Waals surface area contributed by atoms with Gasteiger partial charge in [0.1, 0.15) is 6.33 Å². The van der Waals surface area contributed by atoms with E-state index in [4.69, 9.17) is 0 Å². The first-order chi connectivity index (χ1) is 14.3. The molecule has 0 saturated carbocycles. The van der Waals surface area contributed by atoms with Crippen LogP contribution >= 0.6 is 0 Å². The molecule has 3 rings (SSSR count). The summed E-state index contributed by atoms with van der Waals surface area (Å²) >= 11 is 0. The Kier molecular flexibility index (Phi) is 6.01. The summed E-state index contributed by atoms with van der Waals surface area (Å²) in [6.07, 6.45) is 1.19. The van der Waals surface area contributed by atoms with E-state index in [1.54, 1.807) is 0 Å². The number of nitro benzene ring substituents is 1. The highest BCUT2D eigenvalue weighted by Gasteiger charge is 2.23. The third-order valence-corrected chi connectivity index (χ3v) is 4.25. The first kappa shape index (κ1) is 20.5. The van der Waals surface area contributed by atoms with E-state index in [2.05, 4.69) is 40.0 Å². The van der Waals surface area contributed by atoms with Crippen molar-refractivity contribution < 1.29 is 9.85 Å². The minimum atomic E-state index is -0.593. The van der Waals surface area contributed by atoms with Gasteiger partial charge in [0.15, 0.2) is 0 Å². The molecular weight excluding hydrogens is 390 g/mol. The zero-order valence-corrected chi connectivity index (χ0v) is 16.2. The molecular formula is C19H19N7O4. The van der Waals surface area contributed by atoms with Gasteiger partial charge in [0.25, 0.3) is 5.69 Å². The zero-order valence-electron chi connectivity index (χ0n) is 16.2. The third-order valence-electron chi connectivity index (χ3n) is 4.25. The predicted octanol–water partition coefficient (Wildman–Crippen LogP) is 4.60. The van der Waals surface area contributed by atoms with Crippen molar-refractivity contribution in [2.24, 2.45) is 0 Å². The molecule has 1 heterocycles. The van der Waals surface area contributed by atoms with Crippen LogP contribution in [0.3, 0.4) is 0 Å². The van der Waals surface area contributed by atoms with E-state index in [1.807, 2.05) is 24.3 Å². The van der Waals surface area contributed by atoms with Gasteiger partial charge in [0.2, 0.25) is 11.6 Å². The first-order valence-corrected chi connectivity index (χ1v) is 8.98. The predicted molar refractivity (Wildman–Crippen MR) is 113 cm³/mol. The Hall–Kier alpha value is -4.28. The summed E-state index contributed by atoms with van der Waals surface area (Å²) in [5, 5.41) is 25.3. The zero-order chi connectivity index (χ0) is 21.7. The van der Waals surface area contributed by atoms with E-state index in [0.29, 0.717) is 17.3 Å². The van der Waals surface area contributed by atoms with Crippen LogP contribution in [0.4, 0.5) is 34.4 Å². The highest BCUT2D eigenvalue weighted by Crippen LogP contribution is 2.31. The molecule has 0 fully saturated rings. The molecule has 3 aromatic rings. The van der Waals surface area contributed by atoms with Gasteiger partial charge in [-0.05, 0) is 35.7 Å². The van der Waals surface area contributed by atoms with Gasteiger partial charge in [0.05, 0.1) is 15.5 Å². The van der Waals surface area contributed by atoms with Gasteiger partial charge in [-0.15, -0.1) is 0 Å². The SMILES string of the molecule is CC(C)c1ccc(Nc2ncnc(NNc3ccc([N+](=O)[O-])cc3)c2[N+](=O)[O-])cc1. The first-order valence-electron chi connectivity index (χ1n) is 8.98. The Morgan fingerprint density at radius 2 is 1.40 bits per heavy atom. The summed E-state index contributed by atoms with van der Waals surface area (Å²) in [5.74, 6) is 0.337. The highest BCUT2D eigenvalue weighted by atomic mass is 16.6. The number of hydrazine groups is 1. The number of anilines is 4.